The molecule has 0 aliphatic heterocycles. The van der Waals surface area contributed by atoms with E-state index in [4.69, 9.17) is 0 Å². The van der Waals surface area contributed by atoms with Crippen LogP contribution in [0, 0.1) is 0 Å². The normalized spacial score (nSPS) is 12.2. The van der Waals surface area contributed by atoms with Gasteiger partial charge in [0.05, 0.1) is 0 Å². The number of nitrogens with zero attached hydrogens (tertiary/aromatic N) is 2. The van der Waals surface area contributed by atoms with E-state index in [0.29, 0.717) is 12.3 Å². The second-order valence-corrected chi connectivity index (χ2v) is 5.86. The van der Waals surface area contributed by atoms with Crippen LogP contribution in [-0.2, 0) is 10.8 Å². The average molecular weight is 321 g/mol. The maximum absolute atomic E-state index is 10.9. The summed E-state index contributed by atoms with van der Waals surface area (Å²) in [6.07, 6.45) is 4.23. The Balaban J connectivity index is 2.62. The van der Waals surface area contributed by atoms with Crippen molar-refractivity contribution < 1.29 is 4.21 Å². The predicted molar refractivity (Wildman–Crippen MR) is 75.9 cm³/mol. The van der Waals surface area contributed by atoms with Crippen LogP contribution in [0.4, 0.5) is 11.6 Å². The van der Waals surface area contributed by atoms with Crippen molar-refractivity contribution >= 4 is 38.4 Å². The average Bonchev–Trinajstić information content (AvgIpc) is 2.29. The number of aromatic nitrogens is 2. The van der Waals surface area contributed by atoms with Crippen molar-refractivity contribution in [1.29, 1.82) is 0 Å². The fourth-order valence-corrected chi connectivity index (χ4v) is 2.05. The van der Waals surface area contributed by atoms with Gasteiger partial charge in [-0.2, -0.15) is 0 Å². The van der Waals surface area contributed by atoms with Gasteiger partial charge in [0.15, 0.2) is 0 Å². The van der Waals surface area contributed by atoms with Gasteiger partial charge < -0.3 is 10.6 Å². The van der Waals surface area contributed by atoms with Crippen LogP contribution >= 0.6 is 15.9 Å². The summed E-state index contributed by atoms with van der Waals surface area (Å²) < 4.78 is 11.8. The van der Waals surface area contributed by atoms with Crippen molar-refractivity contribution in [2.75, 3.05) is 35.7 Å². The van der Waals surface area contributed by atoms with Crippen LogP contribution in [0.25, 0.3) is 0 Å². The number of hydrogen-bond acceptors (Lipinski definition) is 5. The Morgan fingerprint density at radius 3 is 2.41 bits per heavy atom. The Hall–Kier alpha value is -0.690. The van der Waals surface area contributed by atoms with Gasteiger partial charge in [-0.05, 0) is 22.4 Å². The van der Waals surface area contributed by atoms with E-state index < -0.39 is 10.8 Å². The van der Waals surface area contributed by atoms with Crippen LogP contribution in [0.2, 0.25) is 0 Å². The number of halogens is 1. The Labute approximate surface area is 112 Å². The molecule has 5 nitrogen and oxygen atoms in total. The molecule has 0 saturated heterocycles. The number of nitrogens with one attached hydrogen (secondary N) is 2. The minimum Gasteiger partial charge on any atom is -0.369 e. The maximum Gasteiger partial charge on any atom is 0.145 e. The van der Waals surface area contributed by atoms with Gasteiger partial charge in [-0.3, -0.25) is 4.21 Å². The molecule has 0 fully saturated rings. The lowest BCUT2D eigenvalue weighted by Crippen LogP contribution is -2.12. The molecule has 0 aliphatic carbocycles. The predicted octanol–water partition coefficient (Wildman–Crippen LogP) is 1.85. The van der Waals surface area contributed by atoms with E-state index in [2.05, 4.69) is 43.5 Å². The van der Waals surface area contributed by atoms with E-state index in [-0.39, 0.29) is 0 Å². The lowest BCUT2D eigenvalue weighted by Gasteiger charge is -2.10. The molecule has 1 aromatic heterocycles. The quantitative estimate of drug-likeness (QED) is 0.802. The summed E-state index contributed by atoms with van der Waals surface area (Å²) in [5, 5.41) is 6.33. The van der Waals surface area contributed by atoms with E-state index in [9.17, 15) is 4.21 Å². The summed E-state index contributed by atoms with van der Waals surface area (Å²) >= 11 is 3.45. The van der Waals surface area contributed by atoms with E-state index >= 15 is 0 Å². The van der Waals surface area contributed by atoms with Gasteiger partial charge in [0.2, 0.25) is 0 Å². The zero-order valence-corrected chi connectivity index (χ0v) is 12.4. The van der Waals surface area contributed by atoms with Gasteiger partial charge in [0, 0.05) is 35.9 Å². The molecule has 1 unspecified atom stereocenters. The molecule has 1 atom stereocenters. The molecule has 0 radical (unpaired) electrons. The van der Waals surface area contributed by atoms with E-state index in [1.807, 2.05) is 0 Å². The Kier molecular flexibility index (Phi) is 6.43. The van der Waals surface area contributed by atoms with Gasteiger partial charge in [-0.15, -0.1) is 0 Å². The summed E-state index contributed by atoms with van der Waals surface area (Å²) in [6, 6.07) is 0. The van der Waals surface area contributed by atoms with Crippen molar-refractivity contribution in [3.63, 3.8) is 0 Å². The first-order valence-corrected chi connectivity index (χ1v) is 7.95. The highest BCUT2D eigenvalue weighted by Gasteiger charge is 2.07. The first kappa shape index (κ1) is 14.4. The molecule has 17 heavy (non-hydrogen) atoms. The summed E-state index contributed by atoms with van der Waals surface area (Å²) in [5.41, 5.74) is 0. The Bertz CT molecular complexity index is 389. The standard InChI is InChI=1S/C10H17BrN4OS/c1-3-4-12-9-8(11)10(15-7-14-9)13-5-6-17(2)16/h7H,3-6H2,1-2H3,(H2,12,13,14,15). The molecule has 1 rings (SSSR count). The number of rotatable bonds is 7. The van der Waals surface area contributed by atoms with Crippen LogP contribution in [0.3, 0.4) is 0 Å². The Morgan fingerprint density at radius 2 is 1.88 bits per heavy atom. The second kappa shape index (κ2) is 7.60. The molecule has 0 aliphatic rings. The zero-order chi connectivity index (χ0) is 12.7. The molecule has 0 amide bonds. The third-order valence-electron chi connectivity index (χ3n) is 2.01. The molecule has 0 aromatic carbocycles. The van der Waals surface area contributed by atoms with Gasteiger partial charge in [-0.25, -0.2) is 9.97 Å². The molecule has 0 spiro atoms. The summed E-state index contributed by atoms with van der Waals surface area (Å²) in [7, 11) is -0.793. The minimum atomic E-state index is -0.793. The third kappa shape index (κ3) is 4.99. The SMILES string of the molecule is CCCNc1ncnc(NCCS(C)=O)c1Br. The molecule has 96 valence electrons. The first-order valence-electron chi connectivity index (χ1n) is 5.43. The second-order valence-electron chi connectivity index (χ2n) is 3.52. The van der Waals surface area contributed by atoms with Crippen molar-refractivity contribution in [1.82, 2.24) is 9.97 Å². The highest BCUT2D eigenvalue weighted by Crippen LogP contribution is 2.26. The highest BCUT2D eigenvalue weighted by molar-refractivity contribution is 9.10. The van der Waals surface area contributed by atoms with Crippen molar-refractivity contribution in [3.05, 3.63) is 10.8 Å². The molecule has 1 aromatic rings. The van der Waals surface area contributed by atoms with Crippen molar-refractivity contribution in [3.8, 4) is 0 Å². The summed E-state index contributed by atoms with van der Waals surface area (Å²) in [4.78, 5) is 8.29. The van der Waals surface area contributed by atoms with Crippen LogP contribution in [0.1, 0.15) is 13.3 Å². The molecular formula is C10H17BrN4OS. The van der Waals surface area contributed by atoms with E-state index in [0.717, 1.165) is 29.1 Å². The van der Waals surface area contributed by atoms with Gasteiger partial charge >= 0.3 is 0 Å². The third-order valence-corrected chi connectivity index (χ3v) is 3.54. The topological polar surface area (TPSA) is 66.9 Å². The van der Waals surface area contributed by atoms with E-state index in [1.54, 1.807) is 6.26 Å². The zero-order valence-electron chi connectivity index (χ0n) is 9.99. The highest BCUT2D eigenvalue weighted by atomic mass is 79.9. The molecule has 0 saturated carbocycles. The monoisotopic (exact) mass is 320 g/mol. The van der Waals surface area contributed by atoms with Crippen LogP contribution in [-0.4, -0.2) is 39.3 Å². The van der Waals surface area contributed by atoms with Crippen LogP contribution in [0.5, 0.6) is 0 Å². The maximum atomic E-state index is 10.9. The van der Waals surface area contributed by atoms with Crippen LogP contribution < -0.4 is 10.6 Å². The van der Waals surface area contributed by atoms with Crippen LogP contribution in [0.15, 0.2) is 10.8 Å². The smallest absolute Gasteiger partial charge is 0.145 e. The molecule has 1 heterocycles. The summed E-state index contributed by atoms with van der Waals surface area (Å²) in [5.74, 6) is 2.11. The molecular weight excluding hydrogens is 304 g/mol. The first-order chi connectivity index (χ1) is 8.15. The lowest BCUT2D eigenvalue weighted by molar-refractivity contribution is 0.687. The summed E-state index contributed by atoms with van der Waals surface area (Å²) in [6.45, 7) is 3.60. The van der Waals surface area contributed by atoms with Gasteiger partial charge in [0.1, 0.15) is 22.4 Å². The van der Waals surface area contributed by atoms with Gasteiger partial charge in [0.25, 0.3) is 0 Å². The van der Waals surface area contributed by atoms with Crippen molar-refractivity contribution in [2.45, 2.75) is 13.3 Å². The molecule has 0 bridgehead atoms. The Morgan fingerprint density at radius 1 is 1.29 bits per heavy atom. The molecule has 7 heteroatoms. The number of hydrogen-bond donors (Lipinski definition) is 2. The van der Waals surface area contributed by atoms with Crippen molar-refractivity contribution in [2.24, 2.45) is 0 Å². The number of anilines is 2. The fourth-order valence-electron chi connectivity index (χ4n) is 1.17. The lowest BCUT2D eigenvalue weighted by atomic mass is 10.4. The molecule has 2 N–H and O–H groups in total. The van der Waals surface area contributed by atoms with E-state index in [1.165, 1.54) is 6.33 Å². The largest absolute Gasteiger partial charge is 0.369 e. The van der Waals surface area contributed by atoms with Gasteiger partial charge in [-0.1, -0.05) is 6.92 Å². The fraction of sp³-hybridized carbons (Fsp3) is 0.600. The minimum absolute atomic E-state index is 0.605.